The number of carbonyl (C=O) groups is 1. The van der Waals surface area contributed by atoms with Crippen molar-refractivity contribution in [2.24, 2.45) is 5.92 Å². The van der Waals surface area contributed by atoms with E-state index in [0.29, 0.717) is 5.92 Å². The third-order valence-corrected chi connectivity index (χ3v) is 3.72. The van der Waals surface area contributed by atoms with Crippen LogP contribution in [0.25, 0.3) is 0 Å². The van der Waals surface area contributed by atoms with Crippen LogP contribution in [0.1, 0.15) is 31.7 Å². The molecule has 0 amide bonds. The number of carboxylic acid groups (broad SMARTS) is 1. The fourth-order valence-electron chi connectivity index (χ4n) is 1.97. The number of nitrogens with one attached hydrogen (secondary N) is 1. The van der Waals surface area contributed by atoms with E-state index in [9.17, 15) is 4.79 Å². The van der Waals surface area contributed by atoms with Gasteiger partial charge in [-0.05, 0) is 43.5 Å². The Hall–Kier alpha value is -1.07. The number of carboxylic acids is 1. The monoisotopic (exact) mass is 343 g/mol. The number of aliphatic carboxylic acids is 1. The van der Waals surface area contributed by atoms with Gasteiger partial charge in [0.05, 0.1) is 7.11 Å². The molecule has 1 aromatic carbocycles. The highest BCUT2D eigenvalue weighted by molar-refractivity contribution is 9.10. The van der Waals surface area contributed by atoms with Gasteiger partial charge in [-0.2, -0.15) is 0 Å². The van der Waals surface area contributed by atoms with E-state index in [1.54, 1.807) is 7.11 Å². The van der Waals surface area contributed by atoms with Crippen LogP contribution in [0.5, 0.6) is 5.75 Å². The lowest BCUT2D eigenvalue weighted by atomic mass is 10.0. The summed E-state index contributed by atoms with van der Waals surface area (Å²) >= 11 is 3.45. The number of rotatable bonds is 9. The number of hydrogen-bond acceptors (Lipinski definition) is 3. The molecular weight excluding hydrogens is 322 g/mol. The van der Waals surface area contributed by atoms with E-state index in [4.69, 9.17) is 9.84 Å². The van der Waals surface area contributed by atoms with Crippen LogP contribution in [0.2, 0.25) is 0 Å². The van der Waals surface area contributed by atoms with Gasteiger partial charge in [-0.25, -0.2) is 0 Å². The first-order valence-electron chi connectivity index (χ1n) is 6.78. The van der Waals surface area contributed by atoms with Crippen molar-refractivity contribution in [1.82, 2.24) is 5.32 Å². The lowest BCUT2D eigenvalue weighted by Crippen LogP contribution is -2.17. The van der Waals surface area contributed by atoms with Crippen LogP contribution in [-0.4, -0.2) is 24.7 Å². The maximum Gasteiger partial charge on any atom is 0.303 e. The Balaban J connectivity index is 2.30. The Kier molecular flexibility index (Phi) is 7.62. The second-order valence-electron chi connectivity index (χ2n) is 4.96. The van der Waals surface area contributed by atoms with Crippen LogP contribution < -0.4 is 10.1 Å². The average molecular weight is 344 g/mol. The second kappa shape index (κ2) is 8.97. The van der Waals surface area contributed by atoms with E-state index in [2.05, 4.69) is 28.2 Å². The summed E-state index contributed by atoms with van der Waals surface area (Å²) in [5, 5.41) is 12.0. The van der Waals surface area contributed by atoms with E-state index < -0.39 is 5.97 Å². The van der Waals surface area contributed by atoms with Gasteiger partial charge in [0, 0.05) is 23.0 Å². The number of benzene rings is 1. The molecule has 4 nitrogen and oxygen atoms in total. The van der Waals surface area contributed by atoms with Crippen molar-refractivity contribution < 1.29 is 14.6 Å². The molecule has 0 saturated heterocycles. The van der Waals surface area contributed by atoms with Crippen molar-refractivity contribution in [2.75, 3.05) is 13.7 Å². The minimum Gasteiger partial charge on any atom is -0.496 e. The maximum atomic E-state index is 10.5. The highest BCUT2D eigenvalue weighted by atomic mass is 79.9. The molecule has 112 valence electrons. The maximum absolute atomic E-state index is 10.5. The minimum absolute atomic E-state index is 0.251. The number of hydrogen-bond donors (Lipinski definition) is 2. The summed E-state index contributed by atoms with van der Waals surface area (Å²) < 4.78 is 6.35. The zero-order valence-electron chi connectivity index (χ0n) is 12.0. The highest BCUT2D eigenvalue weighted by Crippen LogP contribution is 2.22. The smallest absolute Gasteiger partial charge is 0.303 e. The molecule has 1 aromatic rings. The Morgan fingerprint density at radius 2 is 2.20 bits per heavy atom. The van der Waals surface area contributed by atoms with E-state index in [-0.39, 0.29) is 6.42 Å². The number of methoxy groups -OCH3 is 1. The first-order chi connectivity index (χ1) is 9.52. The molecule has 0 radical (unpaired) electrons. The first-order valence-corrected chi connectivity index (χ1v) is 7.57. The molecule has 0 aromatic heterocycles. The van der Waals surface area contributed by atoms with Crippen molar-refractivity contribution >= 4 is 21.9 Å². The molecule has 20 heavy (non-hydrogen) atoms. The zero-order chi connectivity index (χ0) is 15.0. The molecule has 1 rings (SSSR count). The summed E-state index contributed by atoms with van der Waals surface area (Å²) in [5.41, 5.74) is 1.11. The van der Waals surface area contributed by atoms with E-state index in [1.807, 2.05) is 18.2 Å². The van der Waals surface area contributed by atoms with Gasteiger partial charge in [0.25, 0.3) is 0 Å². The van der Waals surface area contributed by atoms with Gasteiger partial charge in [0.15, 0.2) is 0 Å². The molecule has 2 N–H and O–H groups in total. The molecule has 0 aliphatic rings. The van der Waals surface area contributed by atoms with Crippen LogP contribution in [0, 0.1) is 5.92 Å². The molecule has 1 unspecified atom stereocenters. The highest BCUT2D eigenvalue weighted by Gasteiger charge is 2.06. The zero-order valence-corrected chi connectivity index (χ0v) is 13.6. The molecule has 5 heteroatoms. The van der Waals surface area contributed by atoms with Gasteiger partial charge >= 0.3 is 5.97 Å². The summed E-state index contributed by atoms with van der Waals surface area (Å²) in [5.74, 6) is 0.575. The SMILES string of the molecule is COc1ccc(Br)cc1CNCCC(C)CCC(=O)O. The predicted octanol–water partition coefficient (Wildman–Crippen LogP) is 3.44. The molecule has 0 saturated carbocycles. The largest absolute Gasteiger partial charge is 0.496 e. The minimum atomic E-state index is -0.719. The summed E-state index contributed by atoms with van der Waals surface area (Å²) in [6, 6.07) is 5.94. The molecule has 1 atom stereocenters. The summed E-state index contributed by atoms with van der Waals surface area (Å²) in [6.45, 7) is 3.70. The van der Waals surface area contributed by atoms with Crippen LogP contribution in [0.15, 0.2) is 22.7 Å². The van der Waals surface area contributed by atoms with E-state index in [1.165, 1.54) is 0 Å². The molecule has 0 spiro atoms. The Morgan fingerprint density at radius 3 is 2.85 bits per heavy atom. The topological polar surface area (TPSA) is 58.6 Å². The first kappa shape index (κ1) is 17.0. The molecule has 0 fully saturated rings. The summed E-state index contributed by atoms with van der Waals surface area (Å²) in [4.78, 5) is 10.5. The van der Waals surface area contributed by atoms with Crippen molar-refractivity contribution in [2.45, 2.75) is 32.7 Å². The van der Waals surface area contributed by atoms with Crippen molar-refractivity contribution in [1.29, 1.82) is 0 Å². The van der Waals surface area contributed by atoms with Crippen LogP contribution in [-0.2, 0) is 11.3 Å². The third kappa shape index (κ3) is 6.39. The lowest BCUT2D eigenvalue weighted by molar-refractivity contribution is -0.137. The third-order valence-electron chi connectivity index (χ3n) is 3.22. The Morgan fingerprint density at radius 1 is 1.45 bits per heavy atom. The second-order valence-corrected chi connectivity index (χ2v) is 5.87. The lowest BCUT2D eigenvalue weighted by Gasteiger charge is -2.12. The fourth-order valence-corrected chi connectivity index (χ4v) is 2.38. The fraction of sp³-hybridized carbons (Fsp3) is 0.533. The summed E-state index contributed by atoms with van der Waals surface area (Å²) in [6.07, 6.45) is 1.96. The molecule has 0 heterocycles. The van der Waals surface area contributed by atoms with Crippen LogP contribution in [0.4, 0.5) is 0 Å². The molecule has 0 aliphatic heterocycles. The van der Waals surface area contributed by atoms with Crippen molar-refractivity contribution in [3.8, 4) is 5.75 Å². The van der Waals surface area contributed by atoms with Gasteiger partial charge in [-0.3, -0.25) is 4.79 Å². The predicted molar refractivity (Wildman–Crippen MR) is 83.1 cm³/mol. The van der Waals surface area contributed by atoms with Gasteiger partial charge < -0.3 is 15.2 Å². The molecular formula is C15H22BrNO3. The quantitative estimate of drug-likeness (QED) is 0.674. The standard InChI is InChI=1S/C15H22BrNO3/c1-11(3-6-15(18)19)7-8-17-10-12-9-13(16)4-5-14(12)20-2/h4-5,9,11,17H,3,6-8,10H2,1-2H3,(H,18,19). The normalized spacial score (nSPS) is 12.2. The van der Waals surface area contributed by atoms with E-state index >= 15 is 0 Å². The number of ether oxygens (including phenoxy) is 1. The van der Waals surface area contributed by atoms with Gasteiger partial charge in [-0.15, -0.1) is 0 Å². The molecule has 0 aliphatic carbocycles. The average Bonchev–Trinajstić information content (AvgIpc) is 2.41. The summed E-state index contributed by atoms with van der Waals surface area (Å²) in [7, 11) is 1.67. The van der Waals surface area contributed by atoms with Crippen LogP contribution in [0.3, 0.4) is 0 Å². The van der Waals surface area contributed by atoms with E-state index in [0.717, 1.165) is 41.7 Å². The molecule has 0 bridgehead atoms. The van der Waals surface area contributed by atoms with Gasteiger partial charge in [0.2, 0.25) is 0 Å². The Bertz CT molecular complexity index is 437. The van der Waals surface area contributed by atoms with Crippen molar-refractivity contribution in [3.63, 3.8) is 0 Å². The number of halogens is 1. The Labute approximate surface area is 128 Å². The van der Waals surface area contributed by atoms with Gasteiger partial charge in [0.1, 0.15) is 5.75 Å². The van der Waals surface area contributed by atoms with Crippen LogP contribution >= 0.6 is 15.9 Å². The van der Waals surface area contributed by atoms with Gasteiger partial charge in [-0.1, -0.05) is 22.9 Å². The van der Waals surface area contributed by atoms with Crippen molar-refractivity contribution in [3.05, 3.63) is 28.2 Å².